The molecule has 3 rings (SSSR count). The molecule has 3 fully saturated rings. The van der Waals surface area contributed by atoms with Crippen molar-refractivity contribution in [2.45, 2.75) is 65.9 Å². The molecule has 0 aromatic carbocycles. The Bertz CT molecular complexity index is 738. The maximum atomic E-state index is 12.8. The van der Waals surface area contributed by atoms with Gasteiger partial charge in [-0.05, 0) is 62.4 Å². The van der Waals surface area contributed by atoms with Crippen molar-refractivity contribution in [1.29, 1.82) is 0 Å². The molecular formula is C24H34O5. The highest BCUT2D eigenvalue weighted by molar-refractivity contribution is 5.85. The van der Waals surface area contributed by atoms with Gasteiger partial charge in [-0.3, -0.25) is 14.4 Å². The van der Waals surface area contributed by atoms with Crippen LogP contribution in [0, 0.1) is 34.5 Å². The smallest absolute Gasteiger partial charge is 0.303 e. The predicted molar refractivity (Wildman–Crippen MR) is 110 cm³/mol. The summed E-state index contributed by atoms with van der Waals surface area (Å²) in [6.07, 6.45) is 10.2. The SMILES string of the molecule is C/C=C\C1(C)/C(=C\C=O)CCC2C1C(O)CC1(C)C(C(=O)COC(C)=O)CCC21. The fraction of sp³-hybridized carbons (Fsp3) is 0.708. The van der Waals surface area contributed by atoms with Crippen molar-refractivity contribution in [2.75, 3.05) is 6.61 Å². The minimum atomic E-state index is -0.542. The van der Waals surface area contributed by atoms with Crippen LogP contribution in [0.25, 0.3) is 0 Å². The topological polar surface area (TPSA) is 80.7 Å². The molecule has 5 heteroatoms. The summed E-state index contributed by atoms with van der Waals surface area (Å²) in [6, 6.07) is 0. The van der Waals surface area contributed by atoms with Crippen LogP contribution in [0.2, 0.25) is 0 Å². The van der Waals surface area contributed by atoms with Gasteiger partial charge in [-0.25, -0.2) is 0 Å². The lowest BCUT2D eigenvalue weighted by atomic mass is 9.47. The Morgan fingerprint density at radius 1 is 1.24 bits per heavy atom. The molecule has 0 aromatic heterocycles. The van der Waals surface area contributed by atoms with Gasteiger partial charge in [-0.2, -0.15) is 0 Å². The van der Waals surface area contributed by atoms with E-state index in [1.54, 1.807) is 6.08 Å². The van der Waals surface area contributed by atoms with Crippen molar-refractivity contribution in [1.82, 2.24) is 0 Å². The zero-order valence-corrected chi connectivity index (χ0v) is 18.0. The summed E-state index contributed by atoms with van der Waals surface area (Å²) in [5.41, 5.74) is 0.467. The first-order chi connectivity index (χ1) is 13.7. The number of Topliss-reactive ketones (excluding diaryl/α,β-unsaturated/α-hetero) is 1. The van der Waals surface area contributed by atoms with Gasteiger partial charge in [0.1, 0.15) is 12.9 Å². The molecule has 0 radical (unpaired) electrons. The number of hydrogen-bond donors (Lipinski definition) is 1. The van der Waals surface area contributed by atoms with E-state index < -0.39 is 12.1 Å². The van der Waals surface area contributed by atoms with Gasteiger partial charge < -0.3 is 9.84 Å². The van der Waals surface area contributed by atoms with E-state index in [4.69, 9.17) is 4.74 Å². The van der Waals surface area contributed by atoms with Gasteiger partial charge in [0, 0.05) is 24.2 Å². The average molecular weight is 403 g/mol. The Morgan fingerprint density at radius 2 is 1.97 bits per heavy atom. The minimum Gasteiger partial charge on any atom is -0.458 e. The van der Waals surface area contributed by atoms with Crippen LogP contribution in [0.1, 0.15) is 59.8 Å². The second-order valence-electron chi connectivity index (χ2n) is 9.60. The second kappa shape index (κ2) is 8.17. The number of aliphatic hydroxyl groups excluding tert-OH is 1. The zero-order chi connectivity index (χ0) is 21.4. The van der Waals surface area contributed by atoms with E-state index in [1.165, 1.54) is 6.92 Å². The zero-order valence-electron chi connectivity index (χ0n) is 18.0. The molecule has 160 valence electrons. The monoisotopic (exact) mass is 402 g/mol. The third-order valence-electron chi connectivity index (χ3n) is 8.17. The van der Waals surface area contributed by atoms with Crippen molar-refractivity contribution in [3.8, 4) is 0 Å². The number of allylic oxidation sites excluding steroid dienone is 4. The number of hydrogen-bond acceptors (Lipinski definition) is 5. The summed E-state index contributed by atoms with van der Waals surface area (Å²) < 4.78 is 4.98. The maximum Gasteiger partial charge on any atom is 0.303 e. The normalized spacial score (nSPS) is 43.1. The molecule has 3 saturated carbocycles. The number of carbonyl (C=O) groups is 3. The summed E-state index contributed by atoms with van der Waals surface area (Å²) in [4.78, 5) is 35.2. The number of ether oxygens (including phenoxy) is 1. The van der Waals surface area contributed by atoms with Crippen molar-refractivity contribution in [3.05, 3.63) is 23.8 Å². The summed E-state index contributed by atoms with van der Waals surface area (Å²) in [5.74, 6) is 0.0568. The van der Waals surface area contributed by atoms with Gasteiger partial charge >= 0.3 is 5.97 Å². The Morgan fingerprint density at radius 3 is 2.59 bits per heavy atom. The van der Waals surface area contributed by atoms with Crippen LogP contribution in [0.5, 0.6) is 0 Å². The molecule has 0 saturated heterocycles. The Kier molecular flexibility index (Phi) is 6.19. The highest BCUT2D eigenvalue weighted by Gasteiger charge is 2.62. The van der Waals surface area contributed by atoms with Gasteiger partial charge in [0.05, 0.1) is 6.10 Å². The number of rotatable bonds is 5. The summed E-state index contributed by atoms with van der Waals surface area (Å²) in [7, 11) is 0. The molecule has 0 amide bonds. The van der Waals surface area contributed by atoms with E-state index in [-0.39, 0.29) is 35.1 Å². The molecule has 0 heterocycles. The van der Waals surface area contributed by atoms with Crippen LogP contribution in [-0.4, -0.2) is 35.9 Å². The standard InChI is InChI=1S/C24H34O5/c1-5-11-23(3)16(10-12-25)6-7-17-18-8-9-19(21(28)14-29-15(2)26)24(18,4)13-20(27)22(17)23/h5,10-12,17-20,22,27H,6-9,13-14H2,1-4H3/b11-5-,16-10-. The highest BCUT2D eigenvalue weighted by Crippen LogP contribution is 2.65. The number of ketones is 1. The van der Waals surface area contributed by atoms with Crippen molar-refractivity contribution in [3.63, 3.8) is 0 Å². The lowest BCUT2D eigenvalue weighted by Crippen LogP contribution is -2.56. The van der Waals surface area contributed by atoms with Crippen molar-refractivity contribution < 1.29 is 24.2 Å². The lowest BCUT2D eigenvalue weighted by Gasteiger charge is -2.58. The molecule has 7 unspecified atom stereocenters. The number of esters is 1. The number of fused-ring (bicyclic) bond motifs is 3. The molecule has 7 atom stereocenters. The second-order valence-corrected chi connectivity index (χ2v) is 9.60. The van der Waals surface area contributed by atoms with Crippen LogP contribution in [-0.2, 0) is 19.1 Å². The van der Waals surface area contributed by atoms with Crippen molar-refractivity contribution >= 4 is 18.0 Å². The number of aldehydes is 1. The van der Waals surface area contributed by atoms with E-state index in [1.807, 2.05) is 13.0 Å². The lowest BCUT2D eigenvalue weighted by molar-refractivity contribution is -0.152. The fourth-order valence-electron chi connectivity index (χ4n) is 7.12. The fourth-order valence-corrected chi connectivity index (χ4v) is 7.12. The van der Waals surface area contributed by atoms with E-state index >= 15 is 0 Å². The molecule has 0 aromatic rings. The summed E-state index contributed by atoms with van der Waals surface area (Å²) in [6.45, 7) is 7.41. The Hall–Kier alpha value is -1.75. The van der Waals surface area contributed by atoms with E-state index in [9.17, 15) is 19.5 Å². The first-order valence-corrected chi connectivity index (χ1v) is 10.8. The largest absolute Gasteiger partial charge is 0.458 e. The van der Waals surface area contributed by atoms with Crippen molar-refractivity contribution in [2.24, 2.45) is 34.5 Å². The first-order valence-electron chi connectivity index (χ1n) is 10.8. The third kappa shape index (κ3) is 3.63. The minimum absolute atomic E-state index is 0.0237. The average Bonchev–Trinajstić information content (AvgIpc) is 2.98. The molecule has 3 aliphatic rings. The molecular weight excluding hydrogens is 368 g/mol. The van der Waals surface area contributed by atoms with Crippen LogP contribution in [0.4, 0.5) is 0 Å². The molecule has 29 heavy (non-hydrogen) atoms. The number of aliphatic hydroxyl groups is 1. The van der Waals surface area contributed by atoms with Gasteiger partial charge in [-0.1, -0.05) is 31.6 Å². The maximum absolute atomic E-state index is 12.8. The first kappa shape index (κ1) is 21.9. The molecule has 0 aliphatic heterocycles. The Balaban J connectivity index is 1.92. The van der Waals surface area contributed by atoms with Crippen LogP contribution < -0.4 is 0 Å². The molecule has 0 spiro atoms. The highest BCUT2D eigenvalue weighted by atomic mass is 16.5. The molecule has 1 N–H and O–H groups in total. The van der Waals surface area contributed by atoms with Crippen LogP contribution in [0.3, 0.4) is 0 Å². The summed E-state index contributed by atoms with van der Waals surface area (Å²) >= 11 is 0. The molecule has 3 aliphatic carbocycles. The van der Waals surface area contributed by atoms with Gasteiger partial charge in [0.15, 0.2) is 5.78 Å². The van der Waals surface area contributed by atoms with Crippen LogP contribution >= 0.6 is 0 Å². The predicted octanol–water partition coefficient (Wildman–Crippen LogP) is 3.65. The summed E-state index contributed by atoms with van der Waals surface area (Å²) in [5, 5.41) is 11.3. The molecule has 5 nitrogen and oxygen atoms in total. The van der Waals surface area contributed by atoms with Gasteiger partial charge in [0.2, 0.25) is 0 Å². The molecule has 0 bridgehead atoms. The van der Waals surface area contributed by atoms with Crippen LogP contribution in [0.15, 0.2) is 23.8 Å². The van der Waals surface area contributed by atoms with E-state index in [0.717, 1.165) is 37.5 Å². The van der Waals surface area contributed by atoms with Gasteiger partial charge in [0.25, 0.3) is 0 Å². The number of carbonyl (C=O) groups excluding carboxylic acids is 3. The van der Waals surface area contributed by atoms with E-state index in [0.29, 0.717) is 18.3 Å². The quantitative estimate of drug-likeness (QED) is 0.329. The third-order valence-corrected chi connectivity index (χ3v) is 8.17. The van der Waals surface area contributed by atoms with Gasteiger partial charge in [-0.15, -0.1) is 0 Å². The van der Waals surface area contributed by atoms with E-state index in [2.05, 4.69) is 19.9 Å². The Labute approximate surface area is 173 Å².